The molecular formula is C21H27ClN3O2+. The molecule has 0 aliphatic carbocycles. The second kappa shape index (κ2) is 9.22. The number of benzene rings is 2. The highest BCUT2D eigenvalue weighted by Gasteiger charge is 2.22. The number of amides is 1. The van der Waals surface area contributed by atoms with Crippen LogP contribution in [0.5, 0.6) is 0 Å². The number of likely N-dealkylation sites (N-methyl/N-ethyl adjacent to an activating group) is 1. The van der Waals surface area contributed by atoms with Crippen LogP contribution in [-0.2, 0) is 16.1 Å². The van der Waals surface area contributed by atoms with Gasteiger partial charge >= 0.3 is 0 Å². The number of hydrogen-bond donors (Lipinski definition) is 2. The molecule has 144 valence electrons. The Balaban J connectivity index is 1.55. The zero-order valence-corrected chi connectivity index (χ0v) is 16.6. The average molecular weight is 389 g/mol. The third kappa shape index (κ3) is 5.45. The average Bonchev–Trinajstić information content (AvgIpc) is 2.68. The molecule has 1 amide bonds. The van der Waals surface area contributed by atoms with Crippen molar-refractivity contribution in [2.75, 3.05) is 43.6 Å². The standard InChI is InChI=1S/C21H26ClN3O2/c1-16(24(2)15-17-4-3-5-18(22)14-17)21(26)23-19-6-8-20(9-7-19)25-10-12-27-13-11-25/h3-9,14,16H,10-13,15H2,1-2H3,(H,23,26)/p+1/t16-/m0/s1. The van der Waals surface area contributed by atoms with Crippen LogP contribution in [0.15, 0.2) is 48.5 Å². The molecule has 2 atom stereocenters. The summed E-state index contributed by atoms with van der Waals surface area (Å²) in [5, 5.41) is 3.74. The van der Waals surface area contributed by atoms with E-state index in [1.807, 2.05) is 62.5 Å². The summed E-state index contributed by atoms with van der Waals surface area (Å²) < 4.78 is 5.39. The van der Waals surface area contributed by atoms with Crippen LogP contribution in [0.3, 0.4) is 0 Å². The Morgan fingerprint density at radius 1 is 1.22 bits per heavy atom. The van der Waals surface area contributed by atoms with Gasteiger partial charge in [0.15, 0.2) is 6.04 Å². The summed E-state index contributed by atoms with van der Waals surface area (Å²) >= 11 is 6.05. The molecular weight excluding hydrogens is 362 g/mol. The van der Waals surface area contributed by atoms with Gasteiger partial charge in [0.05, 0.1) is 20.3 Å². The van der Waals surface area contributed by atoms with Gasteiger partial charge in [-0.3, -0.25) is 4.79 Å². The first-order valence-corrected chi connectivity index (χ1v) is 9.71. The van der Waals surface area contributed by atoms with Gasteiger partial charge in [-0.25, -0.2) is 0 Å². The molecule has 27 heavy (non-hydrogen) atoms. The quantitative estimate of drug-likeness (QED) is 0.797. The van der Waals surface area contributed by atoms with E-state index in [4.69, 9.17) is 16.3 Å². The van der Waals surface area contributed by atoms with E-state index >= 15 is 0 Å². The molecule has 2 aromatic rings. The van der Waals surface area contributed by atoms with Crippen molar-refractivity contribution in [1.82, 2.24) is 0 Å². The lowest BCUT2D eigenvalue weighted by Gasteiger charge is -2.29. The van der Waals surface area contributed by atoms with E-state index in [0.29, 0.717) is 0 Å². The smallest absolute Gasteiger partial charge is 0.282 e. The predicted octanol–water partition coefficient (Wildman–Crippen LogP) is 2.22. The first kappa shape index (κ1) is 19.7. The van der Waals surface area contributed by atoms with E-state index in [9.17, 15) is 4.79 Å². The number of ether oxygens (including phenoxy) is 1. The van der Waals surface area contributed by atoms with Crippen LogP contribution in [-0.4, -0.2) is 45.3 Å². The summed E-state index contributed by atoms with van der Waals surface area (Å²) in [6, 6.07) is 15.6. The zero-order chi connectivity index (χ0) is 19.2. The molecule has 0 aromatic heterocycles. The normalized spacial score (nSPS) is 16.6. The molecule has 0 spiro atoms. The number of morpholine rings is 1. The number of halogens is 1. The van der Waals surface area contributed by atoms with Gasteiger partial charge in [-0.15, -0.1) is 0 Å². The van der Waals surface area contributed by atoms with E-state index < -0.39 is 0 Å². The topological polar surface area (TPSA) is 46.0 Å². The maximum absolute atomic E-state index is 12.6. The molecule has 5 nitrogen and oxygen atoms in total. The fourth-order valence-corrected chi connectivity index (χ4v) is 3.39. The molecule has 2 aromatic carbocycles. The van der Waals surface area contributed by atoms with E-state index in [1.54, 1.807) is 0 Å². The van der Waals surface area contributed by atoms with E-state index in [-0.39, 0.29) is 11.9 Å². The lowest BCUT2D eigenvalue weighted by Crippen LogP contribution is -3.12. The molecule has 0 saturated carbocycles. The van der Waals surface area contributed by atoms with Crippen molar-refractivity contribution in [3.8, 4) is 0 Å². The van der Waals surface area contributed by atoms with Crippen LogP contribution in [0.2, 0.25) is 5.02 Å². The fraction of sp³-hybridized carbons (Fsp3) is 0.381. The molecule has 1 aliphatic rings. The van der Waals surface area contributed by atoms with E-state index in [1.165, 1.54) is 0 Å². The first-order valence-electron chi connectivity index (χ1n) is 9.33. The van der Waals surface area contributed by atoms with E-state index in [0.717, 1.165) is 59.7 Å². The molecule has 0 radical (unpaired) electrons. The summed E-state index contributed by atoms with van der Waals surface area (Å²) in [5.74, 6) is 0.00801. The minimum absolute atomic E-state index is 0.00801. The Kier molecular flexibility index (Phi) is 6.72. The lowest BCUT2D eigenvalue weighted by atomic mass is 10.2. The number of nitrogens with zero attached hydrogens (tertiary/aromatic N) is 1. The minimum Gasteiger partial charge on any atom is -0.378 e. The van der Waals surface area contributed by atoms with Gasteiger partial charge in [-0.05, 0) is 43.3 Å². The van der Waals surface area contributed by atoms with Crippen LogP contribution < -0.4 is 15.1 Å². The zero-order valence-electron chi connectivity index (χ0n) is 15.9. The van der Waals surface area contributed by atoms with Crippen molar-refractivity contribution in [3.05, 3.63) is 59.1 Å². The number of hydrogen-bond acceptors (Lipinski definition) is 3. The van der Waals surface area contributed by atoms with Crippen molar-refractivity contribution in [3.63, 3.8) is 0 Å². The summed E-state index contributed by atoms with van der Waals surface area (Å²) in [6.45, 7) is 6.01. The Bertz CT molecular complexity index is 760. The molecule has 2 N–H and O–H groups in total. The van der Waals surface area contributed by atoms with Gasteiger partial charge in [-0.2, -0.15) is 0 Å². The monoisotopic (exact) mass is 388 g/mol. The third-order valence-corrected chi connectivity index (χ3v) is 5.25. The largest absolute Gasteiger partial charge is 0.378 e. The fourth-order valence-electron chi connectivity index (χ4n) is 3.17. The van der Waals surface area contributed by atoms with Gasteiger partial charge in [0, 0.05) is 35.1 Å². The number of carbonyl (C=O) groups is 1. The maximum atomic E-state index is 12.6. The van der Waals surface area contributed by atoms with Crippen molar-refractivity contribution in [2.45, 2.75) is 19.5 Å². The lowest BCUT2D eigenvalue weighted by molar-refractivity contribution is -0.907. The molecule has 1 unspecified atom stereocenters. The number of nitrogens with one attached hydrogen (secondary N) is 2. The van der Waals surface area contributed by atoms with Gasteiger partial charge in [-0.1, -0.05) is 23.7 Å². The molecule has 3 rings (SSSR count). The van der Waals surface area contributed by atoms with Gasteiger partial charge in [0.1, 0.15) is 6.54 Å². The molecule has 1 fully saturated rings. The van der Waals surface area contributed by atoms with Crippen molar-refractivity contribution < 1.29 is 14.4 Å². The van der Waals surface area contributed by atoms with Crippen LogP contribution in [0, 0.1) is 0 Å². The second-order valence-corrected chi connectivity index (χ2v) is 7.45. The van der Waals surface area contributed by atoms with Crippen molar-refractivity contribution in [1.29, 1.82) is 0 Å². The number of anilines is 2. The van der Waals surface area contributed by atoms with Crippen molar-refractivity contribution >= 4 is 28.9 Å². The van der Waals surface area contributed by atoms with Crippen LogP contribution >= 0.6 is 11.6 Å². The van der Waals surface area contributed by atoms with Crippen LogP contribution in [0.1, 0.15) is 12.5 Å². The summed E-state index contributed by atoms with van der Waals surface area (Å²) in [6.07, 6.45) is 0. The van der Waals surface area contributed by atoms with Gasteiger partial charge in [0.25, 0.3) is 5.91 Å². The van der Waals surface area contributed by atoms with Gasteiger partial charge < -0.3 is 19.9 Å². The number of rotatable bonds is 6. The molecule has 0 bridgehead atoms. The van der Waals surface area contributed by atoms with Crippen LogP contribution in [0.4, 0.5) is 11.4 Å². The highest BCUT2D eigenvalue weighted by atomic mass is 35.5. The number of quaternary nitrogens is 1. The molecule has 1 aliphatic heterocycles. The van der Waals surface area contributed by atoms with E-state index in [2.05, 4.69) is 10.2 Å². The summed E-state index contributed by atoms with van der Waals surface area (Å²) in [4.78, 5) is 16.0. The number of carbonyl (C=O) groups excluding carboxylic acids is 1. The second-order valence-electron chi connectivity index (χ2n) is 7.01. The molecule has 1 heterocycles. The Morgan fingerprint density at radius 3 is 2.59 bits per heavy atom. The van der Waals surface area contributed by atoms with Crippen LogP contribution in [0.25, 0.3) is 0 Å². The predicted molar refractivity (Wildman–Crippen MR) is 110 cm³/mol. The summed E-state index contributed by atoms with van der Waals surface area (Å²) in [5.41, 5.74) is 3.10. The molecule has 1 saturated heterocycles. The Hall–Kier alpha value is -2.08. The van der Waals surface area contributed by atoms with Gasteiger partial charge in [0.2, 0.25) is 0 Å². The van der Waals surface area contributed by atoms with Crippen molar-refractivity contribution in [2.24, 2.45) is 0 Å². The maximum Gasteiger partial charge on any atom is 0.282 e. The highest BCUT2D eigenvalue weighted by Crippen LogP contribution is 2.19. The summed E-state index contributed by atoms with van der Waals surface area (Å²) in [7, 11) is 2.02. The minimum atomic E-state index is -0.178. The molecule has 6 heteroatoms. The highest BCUT2D eigenvalue weighted by molar-refractivity contribution is 6.30. The third-order valence-electron chi connectivity index (χ3n) is 5.02. The first-order chi connectivity index (χ1) is 13.0. The SMILES string of the molecule is C[C@@H](C(=O)Nc1ccc(N2CCOCC2)cc1)[NH+](C)Cc1cccc(Cl)c1. The Labute approximate surface area is 165 Å². The Morgan fingerprint density at radius 2 is 1.93 bits per heavy atom.